The van der Waals surface area contributed by atoms with Gasteiger partial charge in [0.2, 0.25) is 0 Å². The van der Waals surface area contributed by atoms with Crippen LogP contribution in [0.15, 0.2) is 36.7 Å². The molecule has 0 aliphatic rings. The van der Waals surface area contributed by atoms with Crippen molar-refractivity contribution in [2.45, 2.75) is 39.8 Å². The van der Waals surface area contributed by atoms with Crippen LogP contribution < -0.4 is 5.32 Å². The fraction of sp³-hybridized carbons (Fsp3) is 0.471. The van der Waals surface area contributed by atoms with Crippen molar-refractivity contribution in [1.29, 1.82) is 0 Å². The average molecular weight is 272 g/mol. The van der Waals surface area contributed by atoms with Crippen molar-refractivity contribution in [3.8, 4) is 0 Å². The maximum Gasteiger partial charge on any atom is 0.0446 e. The van der Waals surface area contributed by atoms with Gasteiger partial charge in [-0.05, 0) is 22.8 Å². The Hall–Kier alpha value is -1.45. The summed E-state index contributed by atoms with van der Waals surface area (Å²) in [6.45, 7) is 7.57. The number of aromatic nitrogens is 1. The molecule has 3 nitrogen and oxygen atoms in total. The van der Waals surface area contributed by atoms with Gasteiger partial charge in [-0.2, -0.15) is 0 Å². The molecule has 0 fully saturated rings. The number of nitrogens with one attached hydrogen (secondary N) is 1. The van der Waals surface area contributed by atoms with Gasteiger partial charge in [-0.15, -0.1) is 0 Å². The summed E-state index contributed by atoms with van der Waals surface area (Å²) in [4.78, 5) is 4.31. The third kappa shape index (κ3) is 3.56. The molecule has 0 aliphatic heterocycles. The number of aliphatic hydroxyl groups is 1. The molecule has 0 aliphatic carbocycles. The smallest absolute Gasteiger partial charge is 0.0446 e. The van der Waals surface area contributed by atoms with E-state index in [0.717, 1.165) is 13.0 Å². The minimum Gasteiger partial charge on any atom is -0.396 e. The van der Waals surface area contributed by atoms with Crippen LogP contribution in [0, 0.1) is 5.41 Å². The summed E-state index contributed by atoms with van der Waals surface area (Å²) in [6, 6.07) is 8.59. The summed E-state index contributed by atoms with van der Waals surface area (Å²) in [7, 11) is 0. The Morgan fingerprint density at radius 1 is 1.20 bits per heavy atom. The summed E-state index contributed by atoms with van der Waals surface area (Å²) in [6.07, 6.45) is 4.59. The van der Waals surface area contributed by atoms with Crippen molar-refractivity contribution in [2.24, 2.45) is 5.41 Å². The Kier molecular flexibility index (Phi) is 4.73. The second-order valence-corrected chi connectivity index (χ2v) is 6.33. The van der Waals surface area contributed by atoms with Gasteiger partial charge in [0.1, 0.15) is 0 Å². The van der Waals surface area contributed by atoms with Crippen LogP contribution in [0.5, 0.6) is 0 Å². The molecule has 0 bridgehead atoms. The predicted octanol–water partition coefficient (Wildman–Crippen LogP) is 3.12. The highest BCUT2D eigenvalue weighted by Gasteiger charge is 2.23. The second kappa shape index (κ2) is 6.33. The highest BCUT2D eigenvalue weighted by atomic mass is 16.3. The van der Waals surface area contributed by atoms with Gasteiger partial charge in [-0.25, -0.2) is 0 Å². The van der Waals surface area contributed by atoms with Crippen LogP contribution in [0.3, 0.4) is 0 Å². The third-order valence-corrected chi connectivity index (χ3v) is 3.75. The molecule has 0 saturated heterocycles. The van der Waals surface area contributed by atoms with Gasteiger partial charge in [0, 0.05) is 37.0 Å². The lowest BCUT2D eigenvalue weighted by Crippen LogP contribution is -2.40. The van der Waals surface area contributed by atoms with Gasteiger partial charge in [0.15, 0.2) is 0 Å². The van der Waals surface area contributed by atoms with Crippen molar-refractivity contribution in [3.05, 3.63) is 42.2 Å². The second-order valence-electron chi connectivity index (χ2n) is 6.33. The van der Waals surface area contributed by atoms with Gasteiger partial charge in [0.05, 0.1) is 0 Å². The zero-order valence-electron chi connectivity index (χ0n) is 12.6. The molecular weight excluding hydrogens is 248 g/mol. The van der Waals surface area contributed by atoms with E-state index in [1.54, 1.807) is 0 Å². The van der Waals surface area contributed by atoms with Gasteiger partial charge in [-0.3, -0.25) is 4.98 Å². The minimum atomic E-state index is 0.126. The zero-order valence-corrected chi connectivity index (χ0v) is 12.6. The highest BCUT2D eigenvalue weighted by molar-refractivity contribution is 5.84. The van der Waals surface area contributed by atoms with Crippen LogP contribution in [-0.2, 0) is 6.54 Å². The van der Waals surface area contributed by atoms with Crippen molar-refractivity contribution < 1.29 is 5.11 Å². The molecule has 1 aromatic carbocycles. The lowest BCUT2D eigenvalue weighted by atomic mass is 9.85. The number of hydrogen-bond donors (Lipinski definition) is 2. The monoisotopic (exact) mass is 272 g/mol. The molecule has 0 amide bonds. The van der Waals surface area contributed by atoms with Gasteiger partial charge < -0.3 is 10.4 Å². The van der Waals surface area contributed by atoms with E-state index in [-0.39, 0.29) is 18.1 Å². The molecule has 1 heterocycles. The van der Waals surface area contributed by atoms with Crippen LogP contribution in [0.2, 0.25) is 0 Å². The summed E-state index contributed by atoms with van der Waals surface area (Å²) in [5.74, 6) is 0. The van der Waals surface area contributed by atoms with E-state index >= 15 is 0 Å². The molecule has 2 aromatic rings. The molecular formula is C17H24N2O. The van der Waals surface area contributed by atoms with Crippen LogP contribution in [-0.4, -0.2) is 22.7 Å². The first-order valence-electron chi connectivity index (χ1n) is 7.18. The molecule has 1 aromatic heterocycles. The van der Waals surface area contributed by atoms with E-state index in [1.165, 1.54) is 16.3 Å². The van der Waals surface area contributed by atoms with E-state index in [1.807, 2.05) is 18.5 Å². The van der Waals surface area contributed by atoms with Crippen molar-refractivity contribution in [3.63, 3.8) is 0 Å². The first-order valence-corrected chi connectivity index (χ1v) is 7.18. The SMILES string of the molecule is CC(C)(C)C(CCO)NCc1cncc2ccccc12. The van der Waals surface area contributed by atoms with Crippen LogP contribution in [0.4, 0.5) is 0 Å². The van der Waals surface area contributed by atoms with Gasteiger partial charge >= 0.3 is 0 Å². The minimum absolute atomic E-state index is 0.126. The Morgan fingerprint density at radius 3 is 2.65 bits per heavy atom. The van der Waals surface area contributed by atoms with E-state index in [0.29, 0.717) is 0 Å². The molecule has 0 spiro atoms. The maximum absolute atomic E-state index is 9.22. The van der Waals surface area contributed by atoms with Gasteiger partial charge in [0.25, 0.3) is 0 Å². The molecule has 1 atom stereocenters. The largest absolute Gasteiger partial charge is 0.396 e. The summed E-state index contributed by atoms with van der Waals surface area (Å²) in [5, 5.41) is 15.2. The standard InChI is InChI=1S/C17H24N2O/c1-17(2,3)16(8-9-20)19-12-14-11-18-10-13-6-4-5-7-15(13)14/h4-7,10-11,16,19-20H,8-9,12H2,1-3H3. The van der Waals surface area contributed by atoms with E-state index in [9.17, 15) is 5.11 Å². The molecule has 2 rings (SSSR count). The van der Waals surface area contributed by atoms with Crippen molar-refractivity contribution in [1.82, 2.24) is 10.3 Å². The average Bonchev–Trinajstić information content (AvgIpc) is 2.42. The zero-order chi connectivity index (χ0) is 14.6. The Labute approximate surface area is 121 Å². The topological polar surface area (TPSA) is 45.1 Å². The maximum atomic E-state index is 9.22. The molecule has 3 heteroatoms. The first-order chi connectivity index (χ1) is 9.52. The Morgan fingerprint density at radius 2 is 1.95 bits per heavy atom. The molecule has 0 radical (unpaired) electrons. The number of rotatable bonds is 5. The Bertz CT molecular complexity index is 555. The summed E-state index contributed by atoms with van der Waals surface area (Å²) in [5.41, 5.74) is 1.33. The highest BCUT2D eigenvalue weighted by Crippen LogP contribution is 2.23. The molecule has 108 valence electrons. The fourth-order valence-electron chi connectivity index (χ4n) is 2.52. The summed E-state index contributed by atoms with van der Waals surface area (Å²) >= 11 is 0. The van der Waals surface area contributed by atoms with Crippen LogP contribution in [0.25, 0.3) is 10.8 Å². The predicted molar refractivity (Wildman–Crippen MR) is 83.5 cm³/mol. The number of aliphatic hydroxyl groups excluding tert-OH is 1. The normalized spacial score (nSPS) is 13.6. The van der Waals surface area contributed by atoms with Crippen molar-refractivity contribution in [2.75, 3.05) is 6.61 Å². The van der Waals surface area contributed by atoms with Crippen molar-refractivity contribution >= 4 is 10.8 Å². The van der Waals surface area contributed by atoms with E-state index in [2.05, 4.69) is 49.3 Å². The molecule has 0 saturated carbocycles. The number of benzene rings is 1. The fourth-order valence-corrected chi connectivity index (χ4v) is 2.52. The Balaban J connectivity index is 2.16. The molecule has 1 unspecified atom stereocenters. The van der Waals surface area contributed by atoms with Crippen LogP contribution in [0.1, 0.15) is 32.8 Å². The number of fused-ring (bicyclic) bond motifs is 1. The summed E-state index contributed by atoms with van der Waals surface area (Å²) < 4.78 is 0. The molecule has 20 heavy (non-hydrogen) atoms. The number of pyridine rings is 1. The quantitative estimate of drug-likeness (QED) is 0.879. The molecule has 2 N–H and O–H groups in total. The number of nitrogens with zero attached hydrogens (tertiary/aromatic N) is 1. The number of hydrogen-bond acceptors (Lipinski definition) is 3. The first kappa shape index (κ1) is 14.9. The van der Waals surface area contributed by atoms with E-state index in [4.69, 9.17) is 0 Å². The lowest BCUT2D eigenvalue weighted by molar-refractivity contribution is 0.196. The third-order valence-electron chi connectivity index (χ3n) is 3.75. The van der Waals surface area contributed by atoms with Crippen LogP contribution >= 0.6 is 0 Å². The lowest BCUT2D eigenvalue weighted by Gasteiger charge is -2.31. The van der Waals surface area contributed by atoms with E-state index < -0.39 is 0 Å². The van der Waals surface area contributed by atoms with Gasteiger partial charge in [-0.1, -0.05) is 45.0 Å².